The standard InChI is InChI=1S/C12H11Cl2N5O/c1-19(11-6-5-10(14)16-17-11)18-12(20)15-9-4-2-3-8(13)7-9/h2-7H,1H3,(H2,15,18,20). The van der Waals surface area contributed by atoms with E-state index in [1.54, 1.807) is 43.4 Å². The Hall–Kier alpha value is -2.05. The number of halogens is 2. The van der Waals surface area contributed by atoms with Crippen LogP contribution in [-0.4, -0.2) is 23.3 Å². The van der Waals surface area contributed by atoms with E-state index < -0.39 is 6.03 Å². The highest BCUT2D eigenvalue weighted by Crippen LogP contribution is 2.14. The SMILES string of the molecule is CN(NC(=O)Nc1cccc(Cl)c1)c1ccc(Cl)nn1. The van der Waals surface area contributed by atoms with Crippen LogP contribution in [0.1, 0.15) is 0 Å². The number of nitrogens with one attached hydrogen (secondary N) is 2. The zero-order chi connectivity index (χ0) is 14.5. The van der Waals surface area contributed by atoms with Crippen molar-refractivity contribution >= 4 is 40.7 Å². The second-order valence-corrected chi connectivity index (χ2v) is 4.67. The van der Waals surface area contributed by atoms with Crippen LogP contribution in [0.3, 0.4) is 0 Å². The van der Waals surface area contributed by atoms with Crippen LogP contribution in [0.5, 0.6) is 0 Å². The number of aromatic nitrogens is 2. The zero-order valence-corrected chi connectivity index (χ0v) is 12.0. The summed E-state index contributed by atoms with van der Waals surface area (Å²) in [6.07, 6.45) is 0. The zero-order valence-electron chi connectivity index (χ0n) is 10.5. The predicted molar refractivity (Wildman–Crippen MR) is 79.1 cm³/mol. The molecular weight excluding hydrogens is 301 g/mol. The minimum atomic E-state index is -0.425. The lowest BCUT2D eigenvalue weighted by atomic mass is 10.3. The van der Waals surface area contributed by atoms with Crippen LogP contribution in [0, 0.1) is 0 Å². The second kappa shape index (κ2) is 6.40. The van der Waals surface area contributed by atoms with Crippen molar-refractivity contribution in [1.29, 1.82) is 0 Å². The van der Waals surface area contributed by atoms with E-state index in [0.29, 0.717) is 16.5 Å². The van der Waals surface area contributed by atoms with E-state index in [1.165, 1.54) is 5.01 Å². The Morgan fingerprint density at radius 3 is 2.65 bits per heavy atom. The summed E-state index contributed by atoms with van der Waals surface area (Å²) in [4.78, 5) is 11.8. The molecule has 6 nitrogen and oxygen atoms in total. The van der Waals surface area contributed by atoms with E-state index in [2.05, 4.69) is 20.9 Å². The van der Waals surface area contributed by atoms with Crippen LogP contribution in [0.15, 0.2) is 36.4 Å². The number of urea groups is 1. The van der Waals surface area contributed by atoms with Crippen LogP contribution in [0.4, 0.5) is 16.3 Å². The summed E-state index contributed by atoms with van der Waals surface area (Å²) in [5, 5.41) is 12.4. The molecular formula is C12H11Cl2N5O. The molecule has 104 valence electrons. The van der Waals surface area contributed by atoms with E-state index in [9.17, 15) is 4.79 Å². The molecule has 2 N–H and O–H groups in total. The normalized spacial score (nSPS) is 9.95. The van der Waals surface area contributed by atoms with E-state index in [4.69, 9.17) is 23.2 Å². The van der Waals surface area contributed by atoms with E-state index in [1.807, 2.05) is 0 Å². The first-order chi connectivity index (χ1) is 9.54. The van der Waals surface area contributed by atoms with E-state index in [0.717, 1.165) is 0 Å². The predicted octanol–water partition coefficient (Wildman–Crippen LogP) is 2.96. The average molecular weight is 312 g/mol. The summed E-state index contributed by atoms with van der Waals surface area (Å²) in [7, 11) is 1.63. The number of nitrogens with zero attached hydrogens (tertiary/aromatic N) is 3. The van der Waals surface area contributed by atoms with Crippen LogP contribution >= 0.6 is 23.2 Å². The molecule has 2 amide bonds. The van der Waals surface area contributed by atoms with Gasteiger partial charge < -0.3 is 5.32 Å². The summed E-state index contributed by atoms with van der Waals surface area (Å²) < 4.78 is 0. The third-order valence-electron chi connectivity index (χ3n) is 2.31. The highest BCUT2D eigenvalue weighted by Gasteiger charge is 2.08. The highest BCUT2D eigenvalue weighted by atomic mass is 35.5. The first-order valence-electron chi connectivity index (χ1n) is 5.61. The van der Waals surface area contributed by atoms with Crippen LogP contribution in [-0.2, 0) is 0 Å². The fourth-order valence-corrected chi connectivity index (χ4v) is 1.71. The van der Waals surface area contributed by atoms with Crippen LogP contribution < -0.4 is 15.8 Å². The Morgan fingerprint density at radius 2 is 2.00 bits per heavy atom. The van der Waals surface area contributed by atoms with Gasteiger partial charge in [-0.1, -0.05) is 29.3 Å². The van der Waals surface area contributed by atoms with Gasteiger partial charge in [-0.25, -0.2) is 10.2 Å². The largest absolute Gasteiger partial charge is 0.338 e. The number of hydrogen-bond donors (Lipinski definition) is 2. The summed E-state index contributed by atoms with van der Waals surface area (Å²) in [5.41, 5.74) is 3.17. The van der Waals surface area contributed by atoms with Crippen molar-refractivity contribution in [3.05, 3.63) is 46.6 Å². The van der Waals surface area contributed by atoms with Crippen LogP contribution in [0.25, 0.3) is 0 Å². The third-order valence-corrected chi connectivity index (χ3v) is 2.75. The first-order valence-corrected chi connectivity index (χ1v) is 6.36. The van der Waals surface area contributed by atoms with E-state index in [-0.39, 0.29) is 5.15 Å². The molecule has 0 saturated heterocycles. The molecule has 0 atom stereocenters. The van der Waals surface area contributed by atoms with Crippen molar-refractivity contribution in [2.45, 2.75) is 0 Å². The molecule has 2 rings (SSSR count). The van der Waals surface area contributed by atoms with Gasteiger partial charge in [-0.05, 0) is 30.3 Å². The lowest BCUT2D eigenvalue weighted by Crippen LogP contribution is -2.42. The highest BCUT2D eigenvalue weighted by molar-refractivity contribution is 6.31. The van der Waals surface area contributed by atoms with Gasteiger partial charge in [0.1, 0.15) is 0 Å². The van der Waals surface area contributed by atoms with Gasteiger partial charge in [0.15, 0.2) is 11.0 Å². The molecule has 0 aliphatic rings. The molecule has 0 aliphatic heterocycles. The number of benzene rings is 1. The second-order valence-electron chi connectivity index (χ2n) is 3.85. The molecule has 0 saturated carbocycles. The molecule has 1 aromatic heterocycles. The Morgan fingerprint density at radius 1 is 1.20 bits per heavy atom. The first kappa shape index (κ1) is 14.4. The van der Waals surface area contributed by atoms with E-state index >= 15 is 0 Å². The maximum Gasteiger partial charge on any atom is 0.338 e. The Kier molecular flexibility index (Phi) is 4.60. The summed E-state index contributed by atoms with van der Waals surface area (Å²) in [6, 6.07) is 9.63. The Bertz CT molecular complexity index is 605. The molecule has 0 spiro atoms. The van der Waals surface area contributed by atoms with Gasteiger partial charge in [0.25, 0.3) is 0 Å². The van der Waals surface area contributed by atoms with Crippen molar-refractivity contribution < 1.29 is 4.79 Å². The van der Waals surface area contributed by atoms with Gasteiger partial charge in [-0.15, -0.1) is 10.2 Å². The number of hydrazine groups is 1. The summed E-state index contributed by atoms with van der Waals surface area (Å²) in [5.74, 6) is 0.454. The number of amides is 2. The van der Waals surface area contributed by atoms with Gasteiger partial charge in [0, 0.05) is 17.8 Å². The number of hydrogen-bond acceptors (Lipinski definition) is 4. The molecule has 8 heteroatoms. The summed E-state index contributed by atoms with van der Waals surface area (Å²) >= 11 is 11.5. The van der Waals surface area contributed by atoms with Crippen molar-refractivity contribution in [2.24, 2.45) is 0 Å². The Labute approximate surface area is 125 Å². The maximum absolute atomic E-state index is 11.8. The van der Waals surface area contributed by atoms with Crippen LogP contribution in [0.2, 0.25) is 10.2 Å². The van der Waals surface area contributed by atoms with Gasteiger partial charge >= 0.3 is 6.03 Å². The quantitative estimate of drug-likeness (QED) is 0.855. The Balaban J connectivity index is 1.95. The molecule has 0 unspecified atom stereocenters. The molecule has 0 fully saturated rings. The molecule has 0 aliphatic carbocycles. The number of anilines is 2. The molecule has 0 bridgehead atoms. The lowest BCUT2D eigenvalue weighted by Gasteiger charge is -2.18. The number of rotatable bonds is 3. The molecule has 1 aromatic carbocycles. The fraction of sp³-hybridized carbons (Fsp3) is 0.0833. The minimum absolute atomic E-state index is 0.283. The van der Waals surface area contributed by atoms with Gasteiger partial charge in [-0.2, -0.15) is 0 Å². The minimum Gasteiger partial charge on any atom is -0.307 e. The molecule has 2 aromatic rings. The van der Waals surface area contributed by atoms with Crippen molar-refractivity contribution in [3.8, 4) is 0 Å². The van der Waals surface area contributed by atoms with Gasteiger partial charge in [-0.3, -0.25) is 5.01 Å². The number of carbonyl (C=O) groups excluding carboxylic acids is 1. The van der Waals surface area contributed by atoms with Crippen molar-refractivity contribution in [1.82, 2.24) is 15.6 Å². The molecule has 0 radical (unpaired) electrons. The number of carbonyl (C=O) groups is 1. The molecule has 1 heterocycles. The van der Waals surface area contributed by atoms with Crippen molar-refractivity contribution in [3.63, 3.8) is 0 Å². The smallest absolute Gasteiger partial charge is 0.307 e. The molecule has 20 heavy (non-hydrogen) atoms. The fourth-order valence-electron chi connectivity index (χ4n) is 1.42. The maximum atomic E-state index is 11.8. The van der Waals surface area contributed by atoms with Crippen molar-refractivity contribution in [2.75, 3.05) is 17.4 Å². The lowest BCUT2D eigenvalue weighted by molar-refractivity contribution is 0.251. The topological polar surface area (TPSA) is 70.2 Å². The summed E-state index contributed by atoms with van der Waals surface area (Å²) in [6.45, 7) is 0. The average Bonchev–Trinajstić information content (AvgIpc) is 2.39. The van der Waals surface area contributed by atoms with Gasteiger partial charge in [0.2, 0.25) is 0 Å². The van der Waals surface area contributed by atoms with Gasteiger partial charge in [0.05, 0.1) is 0 Å². The monoisotopic (exact) mass is 311 g/mol. The third kappa shape index (κ3) is 3.97.